The highest BCUT2D eigenvalue weighted by Gasteiger charge is 2.47. The molecule has 0 aromatic heterocycles. The van der Waals surface area contributed by atoms with Crippen molar-refractivity contribution in [1.29, 1.82) is 0 Å². The third kappa shape index (κ3) is 43.0. The van der Waals surface area contributed by atoms with E-state index in [2.05, 4.69) is 111 Å². The first-order valence-electron chi connectivity index (χ1n) is 32.0. The number of amides is 1. The van der Waals surface area contributed by atoms with Crippen LogP contribution in [0, 0.1) is 0 Å². The van der Waals surface area contributed by atoms with Crippen LogP contribution in [0.1, 0.15) is 258 Å². The van der Waals surface area contributed by atoms with Crippen molar-refractivity contribution in [2.45, 2.75) is 307 Å². The maximum atomic E-state index is 13.4. The van der Waals surface area contributed by atoms with Crippen LogP contribution in [0.5, 0.6) is 0 Å². The molecule has 11 nitrogen and oxygen atoms in total. The molecule has 79 heavy (non-hydrogen) atoms. The van der Waals surface area contributed by atoms with Crippen molar-refractivity contribution in [1.82, 2.24) is 5.32 Å². The van der Waals surface area contributed by atoms with Crippen molar-refractivity contribution >= 4 is 11.9 Å². The fraction of sp³-hybridized carbons (Fsp3) is 0.735. The van der Waals surface area contributed by atoms with Crippen molar-refractivity contribution in [2.24, 2.45) is 0 Å². The summed E-state index contributed by atoms with van der Waals surface area (Å²) in [6.07, 6.45) is 62.9. The van der Waals surface area contributed by atoms with Gasteiger partial charge in [0.2, 0.25) is 5.91 Å². The Bertz CT molecular complexity index is 1650. The molecule has 6 N–H and O–H groups in total. The first-order chi connectivity index (χ1) is 38.7. The predicted octanol–water partition coefficient (Wildman–Crippen LogP) is 15.5. The number of aliphatic hydroxyl groups excluding tert-OH is 5. The number of esters is 1. The van der Waals surface area contributed by atoms with E-state index in [1.165, 1.54) is 89.9 Å². The van der Waals surface area contributed by atoms with E-state index in [1.807, 2.05) is 6.08 Å². The van der Waals surface area contributed by atoms with Crippen LogP contribution in [0.25, 0.3) is 0 Å². The molecule has 1 fully saturated rings. The Morgan fingerprint density at radius 1 is 0.494 bits per heavy atom. The van der Waals surface area contributed by atoms with Crippen LogP contribution in [-0.4, -0.2) is 99.6 Å². The molecule has 1 amide bonds. The van der Waals surface area contributed by atoms with E-state index in [1.54, 1.807) is 6.08 Å². The number of carbonyl (C=O) groups excluding carboxylic acids is 2. The molecule has 0 aromatic rings. The number of nitrogens with one attached hydrogen (secondary N) is 1. The van der Waals surface area contributed by atoms with E-state index in [-0.39, 0.29) is 19.4 Å². The minimum absolute atomic E-state index is 0.102. The molecule has 0 aliphatic carbocycles. The molecule has 0 radical (unpaired) electrons. The zero-order chi connectivity index (χ0) is 57.5. The minimum Gasteiger partial charge on any atom is -0.454 e. The van der Waals surface area contributed by atoms with Crippen LogP contribution in [0.4, 0.5) is 0 Å². The molecule has 454 valence electrons. The summed E-state index contributed by atoms with van der Waals surface area (Å²) in [4.78, 5) is 26.6. The maximum absolute atomic E-state index is 13.4. The molecule has 1 rings (SSSR count). The largest absolute Gasteiger partial charge is 0.454 e. The van der Waals surface area contributed by atoms with Crippen LogP contribution in [0.3, 0.4) is 0 Å². The summed E-state index contributed by atoms with van der Waals surface area (Å²) >= 11 is 0. The van der Waals surface area contributed by atoms with Gasteiger partial charge in [-0.2, -0.15) is 0 Å². The first kappa shape index (κ1) is 73.6. The highest BCUT2D eigenvalue weighted by Crippen LogP contribution is 2.26. The lowest BCUT2D eigenvalue weighted by Gasteiger charge is -2.41. The molecular weight excluding hydrogens is 991 g/mol. The highest BCUT2D eigenvalue weighted by molar-refractivity contribution is 5.80. The summed E-state index contributed by atoms with van der Waals surface area (Å²) in [5.41, 5.74) is 0. The number of carbonyl (C=O) groups is 2. The average molecular weight is 1110 g/mol. The van der Waals surface area contributed by atoms with Crippen LogP contribution in [0.2, 0.25) is 0 Å². The number of ether oxygens (including phenoxy) is 3. The van der Waals surface area contributed by atoms with E-state index in [0.29, 0.717) is 12.8 Å². The first-order valence-corrected chi connectivity index (χ1v) is 32.0. The summed E-state index contributed by atoms with van der Waals surface area (Å²) < 4.78 is 17.6. The van der Waals surface area contributed by atoms with Gasteiger partial charge in [0, 0.05) is 6.42 Å². The van der Waals surface area contributed by atoms with E-state index < -0.39 is 67.4 Å². The van der Waals surface area contributed by atoms with Gasteiger partial charge in [0.1, 0.15) is 24.4 Å². The van der Waals surface area contributed by atoms with Crippen LogP contribution >= 0.6 is 0 Å². The standard InChI is InChI=1S/C68H117NO10/c1-4-7-10-13-16-19-22-24-26-28-30-32-33-35-37-40-43-46-49-52-55-61(72)67(76)69-59(60(71)54-51-48-45-42-39-21-18-15-12-9-6-3)58-77-68-66(65(75)64(74)62(57-70)78-68)79-63(73)56-53-50-47-44-41-38-36-34-31-29-27-25-23-20-17-14-11-8-5-2/h16-17,19-20,24-27,30-32,34-35,37,51,54,59-62,64-66,68,70-72,74-75H,4-15,18,21-23,28-29,33,36,38-50,52-53,55-58H2,1-3H3,(H,69,76)/b19-16-,20-17-,26-24-,27-25-,32-30-,34-31-,37-35-,54-51+. The van der Waals surface area contributed by atoms with Gasteiger partial charge in [0.15, 0.2) is 12.4 Å². The van der Waals surface area contributed by atoms with Gasteiger partial charge in [-0.05, 0) is 109 Å². The Kier molecular flexibility index (Phi) is 51.4. The van der Waals surface area contributed by atoms with Gasteiger partial charge >= 0.3 is 5.97 Å². The molecule has 0 bridgehead atoms. The quantitative estimate of drug-likeness (QED) is 0.0195. The molecule has 0 aromatic carbocycles. The molecule has 8 atom stereocenters. The fourth-order valence-electron chi connectivity index (χ4n) is 9.35. The number of hydrogen-bond donors (Lipinski definition) is 6. The summed E-state index contributed by atoms with van der Waals surface area (Å²) in [7, 11) is 0. The topological polar surface area (TPSA) is 175 Å². The second-order valence-corrected chi connectivity index (χ2v) is 21.8. The zero-order valence-corrected chi connectivity index (χ0v) is 50.2. The lowest BCUT2D eigenvalue weighted by atomic mass is 9.99. The van der Waals surface area contributed by atoms with E-state index in [0.717, 1.165) is 122 Å². The number of allylic oxidation sites excluding steroid dienone is 15. The molecule has 0 saturated carbocycles. The fourth-order valence-corrected chi connectivity index (χ4v) is 9.35. The second-order valence-electron chi connectivity index (χ2n) is 21.8. The molecular formula is C68H117NO10. The smallest absolute Gasteiger partial charge is 0.306 e. The molecule has 1 saturated heterocycles. The summed E-state index contributed by atoms with van der Waals surface area (Å²) in [5, 5.41) is 57.0. The van der Waals surface area contributed by atoms with Crippen LogP contribution < -0.4 is 5.32 Å². The molecule has 1 heterocycles. The number of hydrogen-bond acceptors (Lipinski definition) is 10. The Morgan fingerprint density at radius 3 is 1.33 bits per heavy atom. The van der Waals surface area contributed by atoms with Crippen LogP contribution in [0.15, 0.2) is 97.2 Å². The highest BCUT2D eigenvalue weighted by atomic mass is 16.7. The van der Waals surface area contributed by atoms with E-state index in [4.69, 9.17) is 14.2 Å². The lowest BCUT2D eigenvalue weighted by Crippen LogP contribution is -2.61. The van der Waals surface area contributed by atoms with Crippen molar-refractivity contribution in [2.75, 3.05) is 13.2 Å². The molecule has 1 aliphatic heterocycles. The monoisotopic (exact) mass is 1110 g/mol. The summed E-state index contributed by atoms with van der Waals surface area (Å²) in [6, 6.07) is -1.04. The SMILES string of the molecule is CCCCC/C=C\C/C=C\C/C=C\C/C=C\CCCCCCC(O)C(=O)NC(COC1OC(CO)C(O)C(O)C1OC(=O)CCCCCCCC/C=C\C/C=C\C/C=C\CCCCC)C(O)/C=C/CCCCCCCCCCC. The molecule has 0 spiro atoms. The zero-order valence-electron chi connectivity index (χ0n) is 50.2. The Hall–Kier alpha value is -3.42. The van der Waals surface area contributed by atoms with Crippen LogP contribution in [-0.2, 0) is 23.8 Å². The summed E-state index contributed by atoms with van der Waals surface area (Å²) in [5.74, 6) is -1.23. The third-order valence-electron chi connectivity index (χ3n) is 14.5. The maximum Gasteiger partial charge on any atom is 0.306 e. The van der Waals surface area contributed by atoms with Gasteiger partial charge in [0.25, 0.3) is 0 Å². The third-order valence-corrected chi connectivity index (χ3v) is 14.5. The molecule has 11 heteroatoms. The van der Waals surface area contributed by atoms with Crippen molar-refractivity contribution in [3.05, 3.63) is 97.2 Å². The van der Waals surface area contributed by atoms with E-state index in [9.17, 15) is 35.1 Å². The average Bonchev–Trinajstić information content (AvgIpc) is 3.45. The van der Waals surface area contributed by atoms with Gasteiger partial charge in [-0.15, -0.1) is 0 Å². The van der Waals surface area contributed by atoms with Gasteiger partial charge in [0.05, 0.1) is 25.4 Å². The van der Waals surface area contributed by atoms with Crippen molar-refractivity contribution in [3.63, 3.8) is 0 Å². The normalized spacial score (nSPS) is 19.5. The number of aliphatic hydroxyl groups is 5. The summed E-state index contributed by atoms with van der Waals surface area (Å²) in [6.45, 7) is 5.70. The van der Waals surface area contributed by atoms with Crippen molar-refractivity contribution < 1.29 is 49.3 Å². The van der Waals surface area contributed by atoms with E-state index >= 15 is 0 Å². The lowest BCUT2D eigenvalue weighted by molar-refractivity contribution is -0.305. The van der Waals surface area contributed by atoms with Gasteiger partial charge in [-0.3, -0.25) is 9.59 Å². The Balaban J connectivity index is 2.68. The second kappa shape index (κ2) is 55.1. The predicted molar refractivity (Wildman–Crippen MR) is 329 cm³/mol. The number of unbranched alkanes of at least 4 members (excludes halogenated alkanes) is 25. The Morgan fingerprint density at radius 2 is 0.873 bits per heavy atom. The van der Waals surface area contributed by atoms with Gasteiger partial charge < -0.3 is 45.1 Å². The molecule has 8 unspecified atom stereocenters. The Labute approximate surface area is 482 Å². The molecule has 1 aliphatic rings. The number of rotatable bonds is 53. The minimum atomic E-state index is -1.63. The van der Waals surface area contributed by atoms with Crippen molar-refractivity contribution in [3.8, 4) is 0 Å². The van der Waals surface area contributed by atoms with Gasteiger partial charge in [-0.25, -0.2) is 0 Å². The van der Waals surface area contributed by atoms with Gasteiger partial charge in [-0.1, -0.05) is 240 Å².